The van der Waals surface area contributed by atoms with Gasteiger partial charge < -0.3 is 5.32 Å². The molecule has 0 atom stereocenters. The highest BCUT2D eigenvalue weighted by Gasteiger charge is 2.11. The van der Waals surface area contributed by atoms with E-state index in [1.165, 1.54) is 0 Å². The standard InChI is InChI=1S/C20H17N5O/c1-14-7-8-21-18(9-14)24-20(26)17-10-16-12-23-25(19(16)22-11-17)13-15-5-3-2-4-6-15/h2-12H,13H2,1H3,(H,21,24,26). The van der Waals surface area contributed by atoms with Gasteiger partial charge in [-0.1, -0.05) is 30.3 Å². The Labute approximate surface area is 150 Å². The van der Waals surface area contributed by atoms with Crippen LogP contribution in [0.15, 0.2) is 67.1 Å². The van der Waals surface area contributed by atoms with Crippen molar-refractivity contribution in [1.82, 2.24) is 19.7 Å². The molecule has 0 saturated carbocycles. The first-order valence-electron chi connectivity index (χ1n) is 8.28. The molecule has 0 saturated heterocycles. The molecule has 3 heterocycles. The molecule has 4 rings (SSSR count). The number of fused-ring (bicyclic) bond motifs is 1. The highest BCUT2D eigenvalue weighted by Crippen LogP contribution is 2.16. The van der Waals surface area contributed by atoms with Crippen molar-refractivity contribution in [2.24, 2.45) is 0 Å². The van der Waals surface area contributed by atoms with Crippen LogP contribution >= 0.6 is 0 Å². The van der Waals surface area contributed by atoms with E-state index in [9.17, 15) is 4.79 Å². The van der Waals surface area contributed by atoms with E-state index in [-0.39, 0.29) is 5.91 Å². The molecule has 1 aromatic carbocycles. The van der Waals surface area contributed by atoms with Gasteiger partial charge in [0.2, 0.25) is 0 Å². The van der Waals surface area contributed by atoms with E-state index in [1.807, 2.05) is 54.1 Å². The van der Waals surface area contributed by atoms with Gasteiger partial charge in [-0.15, -0.1) is 0 Å². The summed E-state index contributed by atoms with van der Waals surface area (Å²) in [5.41, 5.74) is 3.40. The highest BCUT2D eigenvalue weighted by molar-refractivity contribution is 6.05. The van der Waals surface area contributed by atoms with Gasteiger partial charge in [-0.3, -0.25) is 4.79 Å². The molecule has 1 amide bonds. The molecule has 1 N–H and O–H groups in total. The van der Waals surface area contributed by atoms with Crippen molar-refractivity contribution in [3.63, 3.8) is 0 Å². The van der Waals surface area contributed by atoms with E-state index in [0.717, 1.165) is 22.2 Å². The number of carbonyl (C=O) groups is 1. The van der Waals surface area contributed by atoms with Crippen LogP contribution in [0.4, 0.5) is 5.82 Å². The average molecular weight is 343 g/mol. The SMILES string of the molecule is Cc1ccnc(NC(=O)c2cnc3c(cnn3Cc3ccccc3)c2)c1. The summed E-state index contributed by atoms with van der Waals surface area (Å²) < 4.78 is 1.83. The maximum atomic E-state index is 12.4. The molecule has 0 radical (unpaired) electrons. The fraction of sp³-hybridized carbons (Fsp3) is 0.100. The summed E-state index contributed by atoms with van der Waals surface area (Å²) in [6, 6.07) is 15.6. The van der Waals surface area contributed by atoms with Gasteiger partial charge in [-0.05, 0) is 36.2 Å². The average Bonchev–Trinajstić information content (AvgIpc) is 3.05. The number of nitrogens with zero attached hydrogens (tertiary/aromatic N) is 4. The van der Waals surface area contributed by atoms with Crippen molar-refractivity contribution in [2.75, 3.05) is 5.32 Å². The monoisotopic (exact) mass is 343 g/mol. The molecule has 0 aliphatic heterocycles. The lowest BCUT2D eigenvalue weighted by molar-refractivity contribution is 0.102. The van der Waals surface area contributed by atoms with E-state index < -0.39 is 0 Å². The smallest absolute Gasteiger partial charge is 0.258 e. The molecule has 0 aliphatic rings. The predicted molar refractivity (Wildman–Crippen MR) is 100.0 cm³/mol. The largest absolute Gasteiger partial charge is 0.307 e. The summed E-state index contributed by atoms with van der Waals surface area (Å²) in [6.45, 7) is 2.59. The van der Waals surface area contributed by atoms with Crippen molar-refractivity contribution >= 4 is 22.8 Å². The second kappa shape index (κ2) is 6.76. The zero-order valence-electron chi connectivity index (χ0n) is 14.3. The van der Waals surface area contributed by atoms with Gasteiger partial charge in [0.05, 0.1) is 18.3 Å². The van der Waals surface area contributed by atoms with Crippen LogP contribution in [0.25, 0.3) is 11.0 Å². The Hall–Kier alpha value is -3.54. The van der Waals surface area contributed by atoms with Crippen LogP contribution in [-0.2, 0) is 6.54 Å². The number of anilines is 1. The Morgan fingerprint density at radius 3 is 2.73 bits per heavy atom. The molecule has 0 aliphatic carbocycles. The number of nitrogens with one attached hydrogen (secondary N) is 1. The highest BCUT2D eigenvalue weighted by atomic mass is 16.1. The van der Waals surface area contributed by atoms with Crippen LogP contribution in [0, 0.1) is 6.92 Å². The minimum atomic E-state index is -0.242. The van der Waals surface area contributed by atoms with Crippen molar-refractivity contribution in [3.05, 3.63) is 83.8 Å². The maximum absolute atomic E-state index is 12.4. The van der Waals surface area contributed by atoms with E-state index in [4.69, 9.17) is 0 Å². The Bertz CT molecular complexity index is 1070. The lowest BCUT2D eigenvalue weighted by atomic mass is 10.2. The molecule has 4 aromatic rings. The van der Waals surface area contributed by atoms with Gasteiger partial charge in [0.25, 0.3) is 5.91 Å². The molecule has 6 nitrogen and oxygen atoms in total. The second-order valence-electron chi connectivity index (χ2n) is 6.10. The van der Waals surface area contributed by atoms with Crippen LogP contribution in [-0.4, -0.2) is 25.7 Å². The Balaban J connectivity index is 1.57. The molecule has 128 valence electrons. The summed E-state index contributed by atoms with van der Waals surface area (Å²) in [5.74, 6) is 0.281. The number of hydrogen-bond acceptors (Lipinski definition) is 4. The quantitative estimate of drug-likeness (QED) is 0.616. The third-order valence-corrected chi connectivity index (χ3v) is 4.07. The fourth-order valence-electron chi connectivity index (χ4n) is 2.76. The van der Waals surface area contributed by atoms with E-state index >= 15 is 0 Å². The number of aryl methyl sites for hydroxylation is 1. The van der Waals surface area contributed by atoms with Crippen molar-refractivity contribution < 1.29 is 4.79 Å². The minimum absolute atomic E-state index is 0.242. The number of amides is 1. The normalized spacial score (nSPS) is 10.8. The van der Waals surface area contributed by atoms with Gasteiger partial charge in [0.15, 0.2) is 5.65 Å². The summed E-state index contributed by atoms with van der Waals surface area (Å²) >= 11 is 0. The van der Waals surface area contributed by atoms with Gasteiger partial charge in [-0.2, -0.15) is 5.10 Å². The van der Waals surface area contributed by atoms with Crippen LogP contribution in [0.5, 0.6) is 0 Å². The van der Waals surface area contributed by atoms with Crippen molar-refractivity contribution in [2.45, 2.75) is 13.5 Å². The molecule has 0 spiro atoms. The van der Waals surface area contributed by atoms with Gasteiger partial charge >= 0.3 is 0 Å². The Morgan fingerprint density at radius 1 is 1.08 bits per heavy atom. The molecule has 0 unspecified atom stereocenters. The van der Waals surface area contributed by atoms with Gasteiger partial charge in [0, 0.05) is 17.8 Å². The Morgan fingerprint density at radius 2 is 1.92 bits per heavy atom. The third-order valence-electron chi connectivity index (χ3n) is 4.07. The predicted octanol–water partition coefficient (Wildman–Crippen LogP) is 3.44. The number of carbonyl (C=O) groups excluding carboxylic acids is 1. The number of rotatable bonds is 4. The van der Waals surface area contributed by atoms with Crippen LogP contribution in [0.3, 0.4) is 0 Å². The van der Waals surface area contributed by atoms with Crippen molar-refractivity contribution in [1.29, 1.82) is 0 Å². The molecule has 3 aromatic heterocycles. The van der Waals surface area contributed by atoms with Crippen LogP contribution in [0.1, 0.15) is 21.5 Å². The summed E-state index contributed by atoms with van der Waals surface area (Å²) in [7, 11) is 0. The van der Waals surface area contributed by atoms with E-state index in [2.05, 4.69) is 20.4 Å². The lowest BCUT2D eigenvalue weighted by Crippen LogP contribution is -2.13. The topological polar surface area (TPSA) is 72.7 Å². The third kappa shape index (κ3) is 3.30. The lowest BCUT2D eigenvalue weighted by Gasteiger charge is -2.06. The maximum Gasteiger partial charge on any atom is 0.258 e. The first-order chi connectivity index (χ1) is 12.7. The zero-order valence-corrected chi connectivity index (χ0v) is 14.3. The van der Waals surface area contributed by atoms with Gasteiger partial charge in [-0.25, -0.2) is 14.6 Å². The molecule has 0 fully saturated rings. The van der Waals surface area contributed by atoms with Crippen LogP contribution in [0.2, 0.25) is 0 Å². The number of pyridine rings is 2. The van der Waals surface area contributed by atoms with E-state index in [0.29, 0.717) is 17.9 Å². The number of aromatic nitrogens is 4. The molecule has 26 heavy (non-hydrogen) atoms. The summed E-state index contributed by atoms with van der Waals surface area (Å²) in [6.07, 6.45) is 4.96. The molecular formula is C20H17N5O. The van der Waals surface area contributed by atoms with E-state index in [1.54, 1.807) is 24.7 Å². The number of benzene rings is 1. The second-order valence-corrected chi connectivity index (χ2v) is 6.10. The summed E-state index contributed by atoms with van der Waals surface area (Å²) in [5, 5.41) is 8.01. The number of hydrogen-bond donors (Lipinski definition) is 1. The zero-order chi connectivity index (χ0) is 17.9. The van der Waals surface area contributed by atoms with Crippen LogP contribution < -0.4 is 5.32 Å². The summed E-state index contributed by atoms with van der Waals surface area (Å²) in [4.78, 5) is 21.0. The van der Waals surface area contributed by atoms with Gasteiger partial charge in [0.1, 0.15) is 5.82 Å². The fourth-order valence-corrected chi connectivity index (χ4v) is 2.76. The Kier molecular flexibility index (Phi) is 4.15. The van der Waals surface area contributed by atoms with Crippen molar-refractivity contribution in [3.8, 4) is 0 Å². The first-order valence-corrected chi connectivity index (χ1v) is 8.28. The minimum Gasteiger partial charge on any atom is -0.307 e. The molecular weight excluding hydrogens is 326 g/mol. The molecule has 0 bridgehead atoms. The molecule has 6 heteroatoms. The first kappa shape index (κ1) is 16.0.